The number of rotatable bonds is 9. The van der Waals surface area contributed by atoms with E-state index in [0.29, 0.717) is 62.3 Å². The Morgan fingerprint density at radius 3 is 2.36 bits per heavy atom. The van der Waals surface area contributed by atoms with E-state index in [1.807, 2.05) is 18.7 Å². The number of aromatic hydroxyl groups is 2. The Balaban J connectivity index is 0.749. The maximum absolute atomic E-state index is 13.8. The van der Waals surface area contributed by atoms with Crippen LogP contribution in [0.25, 0.3) is 11.4 Å². The molecule has 0 saturated carbocycles. The minimum absolute atomic E-state index is 0.00617. The molecule has 0 atom stereocenters. The van der Waals surface area contributed by atoms with Gasteiger partial charge in [0.25, 0.3) is 5.91 Å². The first-order chi connectivity index (χ1) is 28.6. The number of amides is 2. The number of fused-ring (bicyclic) bond motifs is 2. The van der Waals surface area contributed by atoms with Gasteiger partial charge >= 0.3 is 0 Å². The molecule has 15 nitrogen and oxygen atoms in total. The van der Waals surface area contributed by atoms with Crippen molar-refractivity contribution in [3.63, 3.8) is 0 Å². The molecule has 7 heterocycles. The third-order valence-electron chi connectivity index (χ3n) is 12.8. The number of carbonyl (C=O) groups excluding carboxylic acids is 2. The molecule has 5 aliphatic heterocycles. The number of piperidine rings is 1. The highest BCUT2D eigenvalue weighted by Gasteiger charge is 2.39. The Kier molecular flexibility index (Phi) is 10.8. The Morgan fingerprint density at radius 2 is 1.61 bits per heavy atom. The summed E-state index contributed by atoms with van der Waals surface area (Å²) in [6.07, 6.45) is 6.28. The van der Waals surface area contributed by atoms with E-state index in [9.17, 15) is 19.8 Å². The predicted octanol–water partition coefficient (Wildman–Crippen LogP) is 3.77. The van der Waals surface area contributed by atoms with Crippen molar-refractivity contribution >= 4 is 23.6 Å². The van der Waals surface area contributed by atoms with Crippen molar-refractivity contribution in [2.75, 3.05) is 76.2 Å². The highest BCUT2D eigenvalue weighted by Crippen LogP contribution is 2.36. The van der Waals surface area contributed by atoms with E-state index in [4.69, 9.17) is 20.4 Å². The van der Waals surface area contributed by atoms with Crippen LogP contribution >= 0.6 is 0 Å². The summed E-state index contributed by atoms with van der Waals surface area (Å²) < 4.78 is 5.61. The van der Waals surface area contributed by atoms with Crippen molar-refractivity contribution < 1.29 is 24.5 Å². The monoisotopic (exact) mass is 802 g/mol. The fourth-order valence-electron chi connectivity index (χ4n) is 9.39. The molecule has 0 unspecified atom stereocenters. The molecule has 0 bridgehead atoms. The molecule has 9 rings (SSSR count). The van der Waals surface area contributed by atoms with Gasteiger partial charge in [0.15, 0.2) is 5.82 Å². The molecule has 0 radical (unpaired) electrons. The van der Waals surface area contributed by atoms with Crippen molar-refractivity contribution in [2.24, 2.45) is 11.8 Å². The number of morpholine rings is 1. The Hall–Kier alpha value is -5.38. The van der Waals surface area contributed by atoms with Gasteiger partial charge < -0.3 is 40.3 Å². The van der Waals surface area contributed by atoms with Gasteiger partial charge in [-0.2, -0.15) is 0 Å². The summed E-state index contributed by atoms with van der Waals surface area (Å²) in [6.45, 7) is 14.4. The van der Waals surface area contributed by atoms with Crippen LogP contribution in [-0.2, 0) is 42.1 Å². The van der Waals surface area contributed by atoms with Crippen molar-refractivity contribution in [2.45, 2.75) is 65.2 Å². The number of hydrogen-bond acceptors (Lipinski definition) is 13. The van der Waals surface area contributed by atoms with Crippen LogP contribution in [0.15, 0.2) is 42.7 Å². The molecular weight excluding hydrogens is 749 g/mol. The van der Waals surface area contributed by atoms with Gasteiger partial charge in [-0.05, 0) is 72.5 Å². The molecule has 3 fully saturated rings. The van der Waals surface area contributed by atoms with Crippen LogP contribution in [0.2, 0.25) is 0 Å². The van der Waals surface area contributed by atoms with E-state index in [1.54, 1.807) is 23.4 Å². The summed E-state index contributed by atoms with van der Waals surface area (Å²) in [4.78, 5) is 56.5. The molecule has 2 amide bonds. The first kappa shape index (κ1) is 39.1. The molecule has 4 aromatic rings. The maximum atomic E-state index is 13.8. The smallest absolute Gasteiger partial charge is 0.258 e. The second-order valence-electron chi connectivity index (χ2n) is 17.2. The lowest BCUT2D eigenvalue weighted by Crippen LogP contribution is -2.56. The molecule has 4 N–H and O–H groups in total. The maximum Gasteiger partial charge on any atom is 0.258 e. The standard InChI is InChI=1S/C44H54N10O5/c1-27(2)35-16-36(39(56)17-38(35)55)43(58)54-24-30-4-3-29(15-31(30)25-54)21-50-8-5-28(6-9-50)20-51-22-33(23-51)42(57)53-10-7-34-37(26-53)48-40(32-18-46-44(45)47-19-32)49-41(34)52-11-13-59-14-12-52/h3-4,15-19,27-28,33,55-56H,5-14,20-26H2,1-2H3,(H2,45,46,47). The fourth-order valence-corrected chi connectivity index (χ4v) is 9.39. The predicted molar refractivity (Wildman–Crippen MR) is 221 cm³/mol. The van der Waals surface area contributed by atoms with E-state index >= 15 is 0 Å². The topological polar surface area (TPSA) is 178 Å². The number of ether oxygens (including phenoxy) is 1. The number of nitrogens with zero attached hydrogens (tertiary/aromatic N) is 9. The number of likely N-dealkylation sites (tertiary alicyclic amines) is 2. The van der Waals surface area contributed by atoms with Crippen LogP contribution in [0, 0.1) is 11.8 Å². The third kappa shape index (κ3) is 8.15. The molecule has 0 aliphatic carbocycles. The SMILES string of the molecule is CC(C)c1cc(C(=O)N2Cc3ccc(CN4CCC(CN5CC(C(=O)N6CCc7c(nc(-c8cnc(N)nc8)nc7N7CCOCC7)C6)C5)CC4)cc3C2)c(O)cc1O. The molecule has 2 aromatic carbocycles. The number of anilines is 2. The second-order valence-corrected chi connectivity index (χ2v) is 17.2. The van der Waals surface area contributed by atoms with Crippen LogP contribution in [0.1, 0.15) is 76.5 Å². The minimum Gasteiger partial charge on any atom is -0.508 e. The minimum atomic E-state index is -0.228. The Morgan fingerprint density at radius 1 is 0.864 bits per heavy atom. The van der Waals surface area contributed by atoms with Crippen LogP contribution in [0.3, 0.4) is 0 Å². The fraction of sp³-hybridized carbons (Fsp3) is 0.500. The number of carbonyl (C=O) groups is 2. The van der Waals surface area contributed by atoms with Crippen LogP contribution in [-0.4, -0.2) is 127 Å². The quantitative estimate of drug-likeness (QED) is 0.223. The van der Waals surface area contributed by atoms with E-state index in [0.717, 1.165) is 99.8 Å². The lowest BCUT2D eigenvalue weighted by molar-refractivity contribution is -0.142. The molecule has 0 spiro atoms. The van der Waals surface area contributed by atoms with Gasteiger partial charge in [0.1, 0.15) is 17.3 Å². The van der Waals surface area contributed by atoms with Gasteiger partial charge in [-0.15, -0.1) is 0 Å². The number of phenolic OH excluding ortho intramolecular Hbond substituents is 2. The number of benzene rings is 2. The Labute approximate surface area is 344 Å². The largest absolute Gasteiger partial charge is 0.508 e. The first-order valence-corrected chi connectivity index (χ1v) is 21.1. The molecule has 310 valence electrons. The zero-order chi connectivity index (χ0) is 40.8. The Bertz CT molecular complexity index is 2210. The number of aromatic nitrogens is 4. The summed E-state index contributed by atoms with van der Waals surface area (Å²) in [5.74, 6) is 2.11. The second kappa shape index (κ2) is 16.3. The highest BCUT2D eigenvalue weighted by molar-refractivity contribution is 5.97. The summed E-state index contributed by atoms with van der Waals surface area (Å²) in [5, 5.41) is 20.8. The normalized spacial score (nSPS) is 19.2. The average Bonchev–Trinajstić information content (AvgIpc) is 3.66. The van der Waals surface area contributed by atoms with Crippen LogP contribution < -0.4 is 10.6 Å². The van der Waals surface area contributed by atoms with Crippen molar-refractivity contribution in [3.8, 4) is 22.9 Å². The van der Waals surface area contributed by atoms with Gasteiger partial charge in [-0.1, -0.05) is 32.0 Å². The number of hydrogen-bond donors (Lipinski definition) is 3. The molecule has 5 aliphatic rings. The first-order valence-electron chi connectivity index (χ1n) is 21.1. The third-order valence-corrected chi connectivity index (χ3v) is 12.8. The number of phenols is 2. The van der Waals surface area contributed by atoms with Crippen molar-refractivity contribution in [1.82, 2.24) is 39.5 Å². The summed E-state index contributed by atoms with van der Waals surface area (Å²) in [6, 6.07) is 9.44. The highest BCUT2D eigenvalue weighted by atomic mass is 16.5. The summed E-state index contributed by atoms with van der Waals surface area (Å²) in [5.41, 5.74) is 12.8. The summed E-state index contributed by atoms with van der Waals surface area (Å²) in [7, 11) is 0. The lowest BCUT2D eigenvalue weighted by Gasteiger charge is -2.44. The van der Waals surface area contributed by atoms with E-state index in [2.05, 4.69) is 42.9 Å². The molecule has 59 heavy (non-hydrogen) atoms. The van der Waals surface area contributed by atoms with E-state index in [1.165, 1.54) is 11.6 Å². The molecule has 2 aromatic heterocycles. The van der Waals surface area contributed by atoms with Crippen LogP contribution in [0.5, 0.6) is 11.5 Å². The van der Waals surface area contributed by atoms with Gasteiger partial charge in [-0.25, -0.2) is 19.9 Å². The zero-order valence-corrected chi connectivity index (χ0v) is 34.0. The number of nitrogens with two attached hydrogens (primary N) is 1. The molecular formula is C44H54N10O5. The van der Waals surface area contributed by atoms with Gasteiger partial charge in [0.2, 0.25) is 11.9 Å². The lowest BCUT2D eigenvalue weighted by atomic mass is 9.91. The van der Waals surface area contributed by atoms with Gasteiger partial charge in [0, 0.05) is 82.9 Å². The average molecular weight is 803 g/mol. The molecule has 15 heteroatoms. The zero-order valence-electron chi connectivity index (χ0n) is 34.0. The van der Waals surface area contributed by atoms with Gasteiger partial charge in [-0.3, -0.25) is 14.5 Å². The molecule has 3 saturated heterocycles. The van der Waals surface area contributed by atoms with E-state index in [-0.39, 0.29) is 46.7 Å². The van der Waals surface area contributed by atoms with Crippen molar-refractivity contribution in [3.05, 3.63) is 81.8 Å². The van der Waals surface area contributed by atoms with Gasteiger partial charge in [0.05, 0.1) is 42.5 Å². The van der Waals surface area contributed by atoms with E-state index < -0.39 is 0 Å². The van der Waals surface area contributed by atoms with Crippen LogP contribution in [0.4, 0.5) is 11.8 Å². The van der Waals surface area contributed by atoms with Crippen molar-refractivity contribution in [1.29, 1.82) is 0 Å². The number of nitrogen functional groups attached to an aromatic ring is 1. The summed E-state index contributed by atoms with van der Waals surface area (Å²) >= 11 is 0.